The Balaban J connectivity index is 2.02. The number of aliphatic carboxylic acids is 1. The van der Waals surface area contributed by atoms with E-state index >= 15 is 0 Å². The summed E-state index contributed by atoms with van der Waals surface area (Å²) in [6.45, 7) is 3.60. The number of rotatable bonds is 3. The zero-order valence-corrected chi connectivity index (χ0v) is 14.1. The van der Waals surface area contributed by atoms with Gasteiger partial charge in [0.25, 0.3) is 0 Å². The summed E-state index contributed by atoms with van der Waals surface area (Å²) in [6.07, 6.45) is 1.94. The van der Waals surface area contributed by atoms with Crippen molar-refractivity contribution < 1.29 is 24.1 Å². The van der Waals surface area contributed by atoms with Gasteiger partial charge in [0.2, 0.25) is 11.5 Å². The Morgan fingerprint density at radius 2 is 1.92 bits per heavy atom. The number of carbonyl (C=O) groups is 1. The first-order valence-electron chi connectivity index (χ1n) is 8.05. The molecule has 0 saturated heterocycles. The van der Waals surface area contributed by atoms with E-state index in [2.05, 4.69) is 6.07 Å². The van der Waals surface area contributed by atoms with Crippen molar-refractivity contribution in [2.75, 3.05) is 7.11 Å². The number of nitrogens with zero attached hydrogens (tertiary/aromatic N) is 1. The molecule has 1 heterocycles. The van der Waals surface area contributed by atoms with Crippen LogP contribution in [0.1, 0.15) is 45.1 Å². The number of hydrogen-bond donors (Lipinski definition) is 1. The molecule has 6 nitrogen and oxygen atoms in total. The van der Waals surface area contributed by atoms with Crippen molar-refractivity contribution in [3.05, 3.63) is 17.7 Å². The van der Waals surface area contributed by atoms with E-state index in [1.807, 2.05) is 6.07 Å². The average molecular weight is 331 g/mol. The van der Waals surface area contributed by atoms with Gasteiger partial charge in [-0.05, 0) is 37.8 Å². The van der Waals surface area contributed by atoms with E-state index < -0.39 is 17.2 Å². The quantitative estimate of drug-likeness (QED) is 0.914. The molecule has 0 aromatic heterocycles. The molecule has 0 atom stereocenters. The van der Waals surface area contributed by atoms with Crippen molar-refractivity contribution in [1.29, 1.82) is 5.26 Å². The number of hydrogen-bond acceptors (Lipinski definition) is 5. The Kier molecular flexibility index (Phi) is 3.83. The maximum absolute atomic E-state index is 11.2. The summed E-state index contributed by atoms with van der Waals surface area (Å²) in [5.41, 5.74) is 0.00160. The Labute approximate surface area is 140 Å². The van der Waals surface area contributed by atoms with Crippen LogP contribution in [0.3, 0.4) is 0 Å². The van der Waals surface area contributed by atoms with E-state index in [4.69, 9.17) is 14.2 Å². The summed E-state index contributed by atoms with van der Waals surface area (Å²) in [4.78, 5) is 11.2. The summed E-state index contributed by atoms with van der Waals surface area (Å²) in [5, 5.41) is 19.1. The minimum absolute atomic E-state index is 0.383. The van der Waals surface area contributed by atoms with Crippen LogP contribution in [0.25, 0.3) is 0 Å². The standard InChI is InChI=1S/C18H21NO5/c1-17(2)23-14-12(4-5-13(22-3)15(14)24-17)18(10-19)8-6-11(7-9-18)16(20)21/h4-5,11H,6-9H2,1-3H3,(H,20,21)/t11-,18-. The van der Waals surface area contributed by atoms with Gasteiger partial charge < -0.3 is 19.3 Å². The minimum Gasteiger partial charge on any atom is -0.493 e. The molecule has 0 radical (unpaired) electrons. The number of nitriles is 1. The molecule has 1 saturated carbocycles. The number of carboxylic acid groups (broad SMARTS) is 1. The van der Waals surface area contributed by atoms with Crippen LogP contribution in [0.2, 0.25) is 0 Å². The van der Waals surface area contributed by atoms with E-state index in [-0.39, 0.29) is 5.92 Å². The fourth-order valence-electron chi connectivity index (χ4n) is 3.59. The second-order valence-corrected chi connectivity index (χ2v) is 6.88. The predicted octanol–water partition coefficient (Wildman–Crippen LogP) is 3.24. The lowest BCUT2D eigenvalue weighted by molar-refractivity contribution is -0.143. The average Bonchev–Trinajstić information content (AvgIpc) is 2.88. The highest BCUT2D eigenvalue weighted by Crippen LogP contribution is 2.54. The minimum atomic E-state index is -0.833. The third kappa shape index (κ3) is 2.54. The van der Waals surface area contributed by atoms with Crippen molar-refractivity contribution in [1.82, 2.24) is 0 Å². The molecule has 1 fully saturated rings. The second-order valence-electron chi connectivity index (χ2n) is 6.88. The molecule has 0 spiro atoms. The highest BCUT2D eigenvalue weighted by atomic mass is 16.7. The van der Waals surface area contributed by atoms with E-state index in [0.717, 1.165) is 5.56 Å². The third-order valence-corrected chi connectivity index (χ3v) is 4.91. The lowest BCUT2D eigenvalue weighted by atomic mass is 9.67. The van der Waals surface area contributed by atoms with Gasteiger partial charge in [-0.3, -0.25) is 4.79 Å². The molecule has 0 amide bonds. The summed E-state index contributed by atoms with van der Waals surface area (Å²) in [6, 6.07) is 6.04. The van der Waals surface area contributed by atoms with E-state index in [1.54, 1.807) is 27.0 Å². The fourth-order valence-corrected chi connectivity index (χ4v) is 3.59. The summed E-state index contributed by atoms with van der Waals surface area (Å²) >= 11 is 0. The highest BCUT2D eigenvalue weighted by Gasteiger charge is 2.45. The summed E-state index contributed by atoms with van der Waals surface area (Å²) < 4.78 is 17.1. The van der Waals surface area contributed by atoms with Crippen LogP contribution in [0, 0.1) is 17.2 Å². The van der Waals surface area contributed by atoms with Crippen molar-refractivity contribution in [3.8, 4) is 23.3 Å². The number of methoxy groups -OCH3 is 1. The van der Waals surface area contributed by atoms with Gasteiger partial charge >= 0.3 is 5.97 Å². The number of ether oxygens (including phenoxy) is 3. The van der Waals surface area contributed by atoms with Crippen molar-refractivity contribution in [2.45, 2.75) is 50.7 Å². The first-order chi connectivity index (χ1) is 11.3. The van der Waals surface area contributed by atoms with Gasteiger partial charge in [-0.25, -0.2) is 0 Å². The largest absolute Gasteiger partial charge is 0.493 e. The lowest BCUT2D eigenvalue weighted by Gasteiger charge is -2.34. The molecule has 128 valence electrons. The SMILES string of the molecule is COc1ccc([C@]2(C#N)CC[C@@H](C(=O)O)CC2)c2c1OC(C)(C)O2. The predicted molar refractivity (Wildman–Crippen MR) is 85.2 cm³/mol. The van der Waals surface area contributed by atoms with Gasteiger partial charge in [-0.1, -0.05) is 0 Å². The van der Waals surface area contributed by atoms with Gasteiger partial charge in [0.15, 0.2) is 11.5 Å². The van der Waals surface area contributed by atoms with Crippen LogP contribution in [0.15, 0.2) is 12.1 Å². The fraction of sp³-hybridized carbons (Fsp3) is 0.556. The molecule has 1 aromatic rings. The number of benzene rings is 1. The van der Waals surface area contributed by atoms with Crippen molar-refractivity contribution in [2.24, 2.45) is 5.92 Å². The summed E-state index contributed by atoms with van der Waals surface area (Å²) in [7, 11) is 1.56. The molecule has 2 aliphatic rings. The van der Waals surface area contributed by atoms with Crippen LogP contribution in [-0.4, -0.2) is 24.0 Å². The first kappa shape index (κ1) is 16.4. The molecule has 0 bridgehead atoms. The Hall–Kier alpha value is -2.42. The molecule has 1 aliphatic heterocycles. The smallest absolute Gasteiger partial charge is 0.306 e. The topological polar surface area (TPSA) is 88.8 Å². The van der Waals surface area contributed by atoms with Crippen LogP contribution in [0.4, 0.5) is 0 Å². The molecule has 6 heteroatoms. The number of fused-ring (bicyclic) bond motifs is 1. The molecule has 1 aromatic carbocycles. The zero-order chi connectivity index (χ0) is 17.5. The Morgan fingerprint density at radius 1 is 1.29 bits per heavy atom. The van der Waals surface area contributed by atoms with Crippen molar-refractivity contribution in [3.63, 3.8) is 0 Å². The normalized spacial score (nSPS) is 27.3. The van der Waals surface area contributed by atoms with E-state index in [0.29, 0.717) is 42.9 Å². The van der Waals surface area contributed by atoms with Gasteiger partial charge in [0, 0.05) is 19.4 Å². The maximum atomic E-state index is 11.2. The third-order valence-electron chi connectivity index (χ3n) is 4.91. The van der Waals surface area contributed by atoms with Crippen LogP contribution < -0.4 is 14.2 Å². The van der Waals surface area contributed by atoms with Gasteiger partial charge in [-0.2, -0.15) is 5.26 Å². The molecule has 3 rings (SSSR count). The molecule has 0 unspecified atom stereocenters. The summed E-state index contributed by atoms with van der Waals surface area (Å²) in [5.74, 6) is -0.398. The maximum Gasteiger partial charge on any atom is 0.306 e. The Bertz CT molecular complexity index is 711. The van der Waals surface area contributed by atoms with Crippen LogP contribution in [0.5, 0.6) is 17.2 Å². The number of carboxylic acids is 1. The second kappa shape index (κ2) is 5.59. The molecular formula is C18H21NO5. The lowest BCUT2D eigenvalue weighted by Crippen LogP contribution is -2.34. The Morgan fingerprint density at radius 3 is 2.46 bits per heavy atom. The van der Waals surface area contributed by atoms with Crippen LogP contribution in [-0.2, 0) is 10.2 Å². The molecular weight excluding hydrogens is 310 g/mol. The molecule has 1 N–H and O–H groups in total. The van der Waals surface area contributed by atoms with Crippen molar-refractivity contribution >= 4 is 5.97 Å². The van der Waals surface area contributed by atoms with Gasteiger partial charge in [-0.15, -0.1) is 0 Å². The van der Waals surface area contributed by atoms with Gasteiger partial charge in [0.05, 0.1) is 24.5 Å². The van der Waals surface area contributed by atoms with E-state index in [1.165, 1.54) is 0 Å². The zero-order valence-electron chi connectivity index (χ0n) is 14.1. The highest BCUT2D eigenvalue weighted by molar-refractivity contribution is 5.70. The first-order valence-corrected chi connectivity index (χ1v) is 8.05. The van der Waals surface area contributed by atoms with Crippen LogP contribution >= 0.6 is 0 Å². The van der Waals surface area contributed by atoms with Gasteiger partial charge in [0.1, 0.15) is 0 Å². The molecule has 24 heavy (non-hydrogen) atoms. The monoisotopic (exact) mass is 331 g/mol. The molecule has 1 aliphatic carbocycles. The van der Waals surface area contributed by atoms with E-state index in [9.17, 15) is 15.2 Å².